The number of carbonyl (C=O) groups is 5. The summed E-state index contributed by atoms with van der Waals surface area (Å²) in [4.78, 5) is 56.8. The molecule has 0 aromatic rings. The zero-order valence-electron chi connectivity index (χ0n) is 14.3. The number of nitrogens with two attached hydrogens (primary N) is 1. The van der Waals surface area contributed by atoms with Crippen LogP contribution in [-0.4, -0.2) is 66.9 Å². The molecule has 0 rings (SSSR count). The molecular formula is C14H25N5O6. The van der Waals surface area contributed by atoms with Crippen molar-refractivity contribution < 1.29 is 29.1 Å². The van der Waals surface area contributed by atoms with Crippen molar-refractivity contribution in [3.8, 4) is 0 Å². The van der Waals surface area contributed by atoms with Gasteiger partial charge >= 0.3 is 5.97 Å². The van der Waals surface area contributed by atoms with Gasteiger partial charge in [-0.25, -0.2) is 0 Å². The molecule has 0 spiro atoms. The van der Waals surface area contributed by atoms with E-state index in [9.17, 15) is 24.0 Å². The Labute approximate surface area is 145 Å². The Morgan fingerprint density at radius 2 is 1.48 bits per heavy atom. The van der Waals surface area contributed by atoms with Crippen molar-refractivity contribution >= 4 is 29.6 Å². The van der Waals surface area contributed by atoms with Gasteiger partial charge in [-0.05, 0) is 5.92 Å². The molecule has 0 aliphatic heterocycles. The number of rotatable bonds is 11. The average molecular weight is 359 g/mol. The molecule has 0 fully saturated rings. The second-order valence-electron chi connectivity index (χ2n) is 5.30. The van der Waals surface area contributed by atoms with Gasteiger partial charge in [-0.1, -0.05) is 20.3 Å². The summed E-state index contributed by atoms with van der Waals surface area (Å²) in [7, 11) is 0. The minimum Gasteiger partial charge on any atom is -0.480 e. The van der Waals surface area contributed by atoms with Crippen LogP contribution < -0.4 is 27.0 Å². The van der Waals surface area contributed by atoms with Gasteiger partial charge in [0, 0.05) is 0 Å². The lowest BCUT2D eigenvalue weighted by Crippen LogP contribution is -2.54. The Bertz CT molecular complexity index is 510. The fourth-order valence-corrected chi connectivity index (χ4v) is 1.69. The number of hydrogen-bond acceptors (Lipinski definition) is 6. The number of carbonyl (C=O) groups excluding carboxylic acids is 4. The van der Waals surface area contributed by atoms with E-state index >= 15 is 0 Å². The third-order valence-electron chi connectivity index (χ3n) is 3.30. The SMILES string of the molecule is CC[C@H](C)[C@H](NC(=O)CNC(=O)CN)C(=O)NCC(=O)NCC(=O)O. The van der Waals surface area contributed by atoms with E-state index in [4.69, 9.17) is 10.8 Å². The number of carboxylic acid groups (broad SMARTS) is 1. The zero-order valence-corrected chi connectivity index (χ0v) is 14.3. The van der Waals surface area contributed by atoms with Gasteiger partial charge in [0.25, 0.3) is 0 Å². The van der Waals surface area contributed by atoms with E-state index in [-0.39, 0.29) is 19.0 Å². The smallest absolute Gasteiger partial charge is 0.322 e. The topological polar surface area (TPSA) is 180 Å². The van der Waals surface area contributed by atoms with Crippen molar-refractivity contribution in [2.45, 2.75) is 26.3 Å². The predicted octanol–water partition coefficient (Wildman–Crippen LogP) is -3.09. The molecular weight excluding hydrogens is 334 g/mol. The van der Waals surface area contributed by atoms with E-state index in [1.165, 1.54) is 0 Å². The minimum absolute atomic E-state index is 0.226. The standard InChI is InChI=1S/C14H25N5O6/c1-3-8(2)13(19-11(22)6-16-9(20)4-15)14(25)18-5-10(21)17-7-12(23)24/h8,13H,3-7,15H2,1-2H3,(H,16,20)(H,17,21)(H,18,25)(H,19,22)(H,23,24)/t8-,13-/m0/s1. The molecule has 0 radical (unpaired) electrons. The quantitative estimate of drug-likeness (QED) is 0.226. The fourth-order valence-electron chi connectivity index (χ4n) is 1.69. The molecule has 0 unspecified atom stereocenters. The Hall–Kier alpha value is -2.69. The van der Waals surface area contributed by atoms with Crippen LogP contribution in [0.1, 0.15) is 20.3 Å². The summed E-state index contributed by atoms with van der Waals surface area (Å²) in [5, 5.41) is 17.7. The number of amides is 4. The number of carboxylic acids is 1. The first-order valence-corrected chi connectivity index (χ1v) is 7.73. The second kappa shape index (κ2) is 11.8. The molecule has 4 amide bonds. The normalized spacial score (nSPS) is 12.4. The van der Waals surface area contributed by atoms with E-state index in [1.54, 1.807) is 6.92 Å². The first-order chi connectivity index (χ1) is 11.7. The molecule has 142 valence electrons. The Balaban J connectivity index is 4.56. The summed E-state index contributed by atoms with van der Waals surface area (Å²) >= 11 is 0. The third-order valence-corrected chi connectivity index (χ3v) is 3.30. The van der Waals surface area contributed by atoms with E-state index in [0.29, 0.717) is 6.42 Å². The van der Waals surface area contributed by atoms with Crippen LogP contribution in [0.2, 0.25) is 0 Å². The third kappa shape index (κ3) is 9.91. The van der Waals surface area contributed by atoms with E-state index < -0.39 is 48.7 Å². The average Bonchev–Trinajstić information content (AvgIpc) is 2.59. The highest BCUT2D eigenvalue weighted by Crippen LogP contribution is 2.07. The number of nitrogens with one attached hydrogen (secondary N) is 4. The Morgan fingerprint density at radius 3 is 2.00 bits per heavy atom. The summed E-state index contributed by atoms with van der Waals surface area (Å²) < 4.78 is 0. The lowest BCUT2D eigenvalue weighted by atomic mass is 9.98. The Kier molecular flexibility index (Phi) is 10.5. The molecule has 0 saturated carbocycles. The minimum atomic E-state index is -1.20. The summed E-state index contributed by atoms with van der Waals surface area (Å²) in [5.41, 5.74) is 5.11. The molecule has 7 N–H and O–H groups in total. The number of aliphatic carboxylic acids is 1. The van der Waals surface area contributed by atoms with Gasteiger partial charge in [-0.15, -0.1) is 0 Å². The van der Waals surface area contributed by atoms with Crippen LogP contribution in [0.25, 0.3) is 0 Å². The van der Waals surface area contributed by atoms with E-state index in [2.05, 4.69) is 21.3 Å². The van der Waals surface area contributed by atoms with Gasteiger partial charge in [0.15, 0.2) is 0 Å². The van der Waals surface area contributed by atoms with Gasteiger partial charge in [0.1, 0.15) is 12.6 Å². The lowest BCUT2D eigenvalue weighted by molar-refractivity contribution is -0.138. The van der Waals surface area contributed by atoms with Gasteiger partial charge in [-0.2, -0.15) is 0 Å². The first kappa shape index (κ1) is 22.3. The molecule has 2 atom stereocenters. The van der Waals surface area contributed by atoms with Crippen LogP contribution in [0.4, 0.5) is 0 Å². The highest BCUT2D eigenvalue weighted by Gasteiger charge is 2.26. The van der Waals surface area contributed by atoms with Crippen molar-refractivity contribution in [2.75, 3.05) is 26.2 Å². The molecule has 0 aromatic carbocycles. The van der Waals surface area contributed by atoms with Crippen LogP contribution >= 0.6 is 0 Å². The van der Waals surface area contributed by atoms with Gasteiger partial charge in [0.05, 0.1) is 19.6 Å². The summed E-state index contributed by atoms with van der Waals surface area (Å²) in [6, 6.07) is -0.903. The van der Waals surface area contributed by atoms with E-state index in [0.717, 1.165) is 0 Å². The van der Waals surface area contributed by atoms with Crippen molar-refractivity contribution in [2.24, 2.45) is 11.7 Å². The molecule has 25 heavy (non-hydrogen) atoms. The molecule has 11 nitrogen and oxygen atoms in total. The molecule has 11 heteroatoms. The fraction of sp³-hybridized carbons (Fsp3) is 0.643. The molecule has 0 aliphatic rings. The second-order valence-corrected chi connectivity index (χ2v) is 5.30. The Morgan fingerprint density at radius 1 is 0.920 bits per heavy atom. The van der Waals surface area contributed by atoms with Crippen LogP contribution in [0.3, 0.4) is 0 Å². The predicted molar refractivity (Wildman–Crippen MR) is 87.1 cm³/mol. The largest absolute Gasteiger partial charge is 0.480 e. The van der Waals surface area contributed by atoms with Crippen molar-refractivity contribution in [3.05, 3.63) is 0 Å². The molecule has 0 saturated heterocycles. The molecule has 0 aromatic heterocycles. The summed E-state index contributed by atoms with van der Waals surface area (Å²) in [6.45, 7) is 2.02. The van der Waals surface area contributed by atoms with Crippen LogP contribution in [0.15, 0.2) is 0 Å². The maximum atomic E-state index is 12.2. The van der Waals surface area contributed by atoms with Gasteiger partial charge < -0.3 is 32.1 Å². The molecule has 0 aliphatic carbocycles. The maximum Gasteiger partial charge on any atom is 0.322 e. The highest BCUT2D eigenvalue weighted by molar-refractivity contribution is 5.92. The lowest BCUT2D eigenvalue weighted by Gasteiger charge is -2.23. The van der Waals surface area contributed by atoms with Crippen LogP contribution in [-0.2, 0) is 24.0 Å². The summed E-state index contributed by atoms with van der Waals surface area (Å²) in [5.74, 6) is -3.76. The van der Waals surface area contributed by atoms with Crippen LogP contribution in [0.5, 0.6) is 0 Å². The maximum absolute atomic E-state index is 12.2. The van der Waals surface area contributed by atoms with Crippen molar-refractivity contribution in [3.63, 3.8) is 0 Å². The monoisotopic (exact) mass is 359 g/mol. The van der Waals surface area contributed by atoms with Crippen molar-refractivity contribution in [1.82, 2.24) is 21.3 Å². The van der Waals surface area contributed by atoms with Gasteiger partial charge in [-0.3, -0.25) is 24.0 Å². The highest BCUT2D eigenvalue weighted by atomic mass is 16.4. The molecule has 0 bridgehead atoms. The summed E-state index contributed by atoms with van der Waals surface area (Å²) in [6.07, 6.45) is 0.582. The first-order valence-electron chi connectivity index (χ1n) is 7.73. The molecule has 0 heterocycles. The van der Waals surface area contributed by atoms with Crippen LogP contribution in [0, 0.1) is 5.92 Å². The van der Waals surface area contributed by atoms with Gasteiger partial charge in [0.2, 0.25) is 23.6 Å². The van der Waals surface area contributed by atoms with E-state index in [1.807, 2.05) is 6.92 Å². The number of hydrogen-bond donors (Lipinski definition) is 6. The zero-order chi connectivity index (χ0) is 19.4. The van der Waals surface area contributed by atoms with Crippen molar-refractivity contribution in [1.29, 1.82) is 0 Å².